The third-order valence-corrected chi connectivity index (χ3v) is 3.71. The minimum atomic E-state index is -0.486. The monoisotopic (exact) mass is 364 g/mol. The summed E-state index contributed by atoms with van der Waals surface area (Å²) in [5, 5.41) is 5.30. The van der Waals surface area contributed by atoms with Crippen molar-refractivity contribution in [1.82, 2.24) is 10.6 Å². The summed E-state index contributed by atoms with van der Waals surface area (Å²) < 4.78 is 18.3. The first-order valence-electron chi connectivity index (χ1n) is 8.26. The highest BCUT2D eigenvalue weighted by Crippen LogP contribution is 2.09. The van der Waals surface area contributed by atoms with Crippen molar-refractivity contribution in [2.75, 3.05) is 0 Å². The quantitative estimate of drug-likeness (QED) is 0.658. The fourth-order valence-electron chi connectivity index (χ4n) is 2.34. The third kappa shape index (κ3) is 5.15. The number of hydrogen-bond acceptors (Lipinski definition) is 3. The molecule has 0 aliphatic rings. The second-order valence-corrected chi connectivity index (χ2v) is 5.69. The Morgan fingerprint density at radius 3 is 2.37 bits per heavy atom. The summed E-state index contributed by atoms with van der Waals surface area (Å²) in [4.78, 5) is 25.0. The molecule has 136 valence electrons. The van der Waals surface area contributed by atoms with E-state index in [4.69, 9.17) is 4.42 Å². The molecule has 0 fully saturated rings. The summed E-state index contributed by atoms with van der Waals surface area (Å²) in [6.07, 6.45) is 2.99. The molecule has 0 radical (unpaired) electrons. The molecule has 0 aliphatic carbocycles. The van der Waals surface area contributed by atoms with Crippen LogP contribution in [0.5, 0.6) is 0 Å². The van der Waals surface area contributed by atoms with Crippen LogP contribution in [0.15, 0.2) is 83.1 Å². The minimum absolute atomic E-state index is 0.0435. The molecule has 27 heavy (non-hydrogen) atoms. The van der Waals surface area contributed by atoms with E-state index < -0.39 is 11.8 Å². The normalized spacial score (nSPS) is 11.1. The number of amides is 2. The van der Waals surface area contributed by atoms with E-state index in [-0.39, 0.29) is 18.1 Å². The Balaban J connectivity index is 1.80. The van der Waals surface area contributed by atoms with Crippen LogP contribution in [0.25, 0.3) is 6.08 Å². The number of benzene rings is 2. The Morgan fingerprint density at radius 1 is 0.963 bits per heavy atom. The van der Waals surface area contributed by atoms with Gasteiger partial charge in [-0.05, 0) is 48.0 Å². The van der Waals surface area contributed by atoms with Crippen LogP contribution in [0.3, 0.4) is 0 Å². The molecule has 0 saturated carbocycles. The van der Waals surface area contributed by atoms with E-state index in [1.54, 1.807) is 42.5 Å². The minimum Gasteiger partial charge on any atom is -0.467 e. The van der Waals surface area contributed by atoms with Crippen LogP contribution in [0.4, 0.5) is 4.39 Å². The van der Waals surface area contributed by atoms with E-state index in [0.717, 1.165) is 0 Å². The highest BCUT2D eigenvalue weighted by molar-refractivity contribution is 6.05. The van der Waals surface area contributed by atoms with Crippen molar-refractivity contribution in [3.05, 3.63) is 101 Å². The molecular weight excluding hydrogens is 347 g/mol. The smallest absolute Gasteiger partial charge is 0.268 e. The number of furan rings is 1. The molecule has 2 N–H and O–H groups in total. The molecule has 1 heterocycles. The summed E-state index contributed by atoms with van der Waals surface area (Å²) in [7, 11) is 0. The molecule has 0 unspecified atom stereocenters. The molecule has 6 heteroatoms. The molecule has 0 saturated heterocycles. The first kappa shape index (κ1) is 18.1. The second kappa shape index (κ2) is 8.62. The fraction of sp³-hybridized carbons (Fsp3) is 0.0476. The van der Waals surface area contributed by atoms with Crippen LogP contribution in [-0.4, -0.2) is 11.8 Å². The van der Waals surface area contributed by atoms with Crippen LogP contribution >= 0.6 is 0 Å². The zero-order chi connectivity index (χ0) is 19.1. The molecule has 0 bridgehead atoms. The molecule has 0 aliphatic heterocycles. The van der Waals surface area contributed by atoms with Gasteiger partial charge in [0.1, 0.15) is 17.3 Å². The van der Waals surface area contributed by atoms with Gasteiger partial charge >= 0.3 is 0 Å². The molecule has 0 atom stereocenters. The Hall–Kier alpha value is -3.67. The first-order chi connectivity index (χ1) is 13.1. The van der Waals surface area contributed by atoms with Crippen LogP contribution in [0.2, 0.25) is 0 Å². The summed E-state index contributed by atoms with van der Waals surface area (Å²) in [5.74, 6) is -0.708. The highest BCUT2D eigenvalue weighted by Gasteiger charge is 2.15. The molecule has 1 aromatic heterocycles. The maximum Gasteiger partial charge on any atom is 0.268 e. The van der Waals surface area contributed by atoms with Crippen LogP contribution < -0.4 is 10.6 Å². The van der Waals surface area contributed by atoms with Gasteiger partial charge in [-0.25, -0.2) is 4.39 Å². The molecule has 0 spiro atoms. The maximum atomic E-state index is 13.1. The van der Waals surface area contributed by atoms with Crippen molar-refractivity contribution < 1.29 is 18.4 Å². The van der Waals surface area contributed by atoms with Crippen molar-refractivity contribution in [3.63, 3.8) is 0 Å². The zero-order valence-electron chi connectivity index (χ0n) is 14.3. The number of hydrogen-bond donors (Lipinski definition) is 2. The Bertz CT molecular complexity index is 933. The van der Waals surface area contributed by atoms with E-state index >= 15 is 0 Å². The molecule has 2 aromatic carbocycles. The fourth-order valence-corrected chi connectivity index (χ4v) is 2.34. The van der Waals surface area contributed by atoms with Gasteiger partial charge in [0, 0.05) is 5.56 Å². The van der Waals surface area contributed by atoms with Crippen LogP contribution in [0.1, 0.15) is 21.7 Å². The lowest BCUT2D eigenvalue weighted by atomic mass is 10.1. The van der Waals surface area contributed by atoms with Crippen molar-refractivity contribution in [2.45, 2.75) is 6.54 Å². The van der Waals surface area contributed by atoms with Gasteiger partial charge in [0.05, 0.1) is 12.8 Å². The molecule has 2 amide bonds. The van der Waals surface area contributed by atoms with Gasteiger partial charge in [-0.2, -0.15) is 0 Å². The molecule has 5 nitrogen and oxygen atoms in total. The highest BCUT2D eigenvalue weighted by atomic mass is 19.1. The van der Waals surface area contributed by atoms with Gasteiger partial charge in [-0.1, -0.05) is 30.3 Å². The lowest BCUT2D eigenvalue weighted by molar-refractivity contribution is -0.118. The average molecular weight is 364 g/mol. The largest absolute Gasteiger partial charge is 0.467 e. The van der Waals surface area contributed by atoms with E-state index in [2.05, 4.69) is 10.6 Å². The molecule has 3 aromatic rings. The SMILES string of the molecule is O=C(NCc1ccco1)/C(=C/c1ccc(F)cc1)NC(=O)c1ccccc1. The first-order valence-corrected chi connectivity index (χ1v) is 8.26. The maximum absolute atomic E-state index is 13.1. The average Bonchev–Trinajstić information content (AvgIpc) is 3.21. The van der Waals surface area contributed by atoms with E-state index in [1.165, 1.54) is 36.6 Å². The van der Waals surface area contributed by atoms with E-state index in [1.807, 2.05) is 0 Å². The van der Waals surface area contributed by atoms with Crippen LogP contribution in [-0.2, 0) is 11.3 Å². The van der Waals surface area contributed by atoms with Crippen molar-refractivity contribution >= 4 is 17.9 Å². The van der Waals surface area contributed by atoms with Crippen molar-refractivity contribution in [1.29, 1.82) is 0 Å². The van der Waals surface area contributed by atoms with Gasteiger partial charge in [-0.15, -0.1) is 0 Å². The van der Waals surface area contributed by atoms with Gasteiger partial charge < -0.3 is 15.1 Å². The number of nitrogens with one attached hydrogen (secondary N) is 2. The summed E-state index contributed by atoms with van der Waals surface area (Å²) >= 11 is 0. The lowest BCUT2D eigenvalue weighted by Gasteiger charge is -2.11. The summed E-state index contributed by atoms with van der Waals surface area (Å²) in [5.41, 5.74) is 1.04. The van der Waals surface area contributed by atoms with Gasteiger partial charge in [0.2, 0.25) is 0 Å². The number of halogens is 1. The van der Waals surface area contributed by atoms with Gasteiger partial charge in [-0.3, -0.25) is 9.59 Å². The molecule has 3 rings (SSSR count). The zero-order valence-corrected chi connectivity index (χ0v) is 14.3. The third-order valence-electron chi connectivity index (χ3n) is 3.71. The Labute approximate surface area is 155 Å². The number of carbonyl (C=O) groups excluding carboxylic acids is 2. The summed E-state index contributed by atoms with van der Waals surface area (Å²) in [6.45, 7) is 0.174. The topological polar surface area (TPSA) is 71.3 Å². The summed E-state index contributed by atoms with van der Waals surface area (Å²) in [6, 6.07) is 17.6. The Morgan fingerprint density at radius 2 is 1.70 bits per heavy atom. The van der Waals surface area contributed by atoms with Crippen molar-refractivity contribution in [2.24, 2.45) is 0 Å². The number of carbonyl (C=O) groups is 2. The van der Waals surface area contributed by atoms with E-state index in [9.17, 15) is 14.0 Å². The predicted molar refractivity (Wildman–Crippen MR) is 98.8 cm³/mol. The lowest BCUT2D eigenvalue weighted by Crippen LogP contribution is -2.34. The standard InChI is InChI=1S/C21H17FN2O3/c22-17-10-8-15(9-11-17)13-19(21(26)23-14-18-7-4-12-27-18)24-20(25)16-5-2-1-3-6-16/h1-13H,14H2,(H,23,26)(H,24,25)/b19-13-. The second-order valence-electron chi connectivity index (χ2n) is 5.69. The van der Waals surface area contributed by atoms with Gasteiger partial charge in [0.15, 0.2) is 0 Å². The Kier molecular flexibility index (Phi) is 5.79. The molecular formula is C21H17FN2O3. The van der Waals surface area contributed by atoms with Gasteiger partial charge in [0.25, 0.3) is 11.8 Å². The van der Waals surface area contributed by atoms with Crippen molar-refractivity contribution in [3.8, 4) is 0 Å². The predicted octanol–water partition coefficient (Wildman–Crippen LogP) is 3.51. The van der Waals surface area contributed by atoms with E-state index in [0.29, 0.717) is 16.9 Å². The van der Waals surface area contributed by atoms with Crippen LogP contribution in [0, 0.1) is 5.82 Å². The number of rotatable bonds is 6.